The lowest BCUT2D eigenvalue weighted by Crippen LogP contribution is -2.38. The van der Waals surface area contributed by atoms with Gasteiger partial charge in [-0.15, -0.1) is 0 Å². The van der Waals surface area contributed by atoms with E-state index in [1.165, 1.54) is 7.11 Å². The summed E-state index contributed by atoms with van der Waals surface area (Å²) in [5.74, 6) is 0.341. The molecule has 2 saturated heterocycles. The Hall–Kier alpha value is -1.70. The Morgan fingerprint density at radius 3 is 2.48 bits per heavy atom. The molecule has 0 unspecified atom stereocenters. The maximum atomic E-state index is 12.2. The van der Waals surface area contributed by atoms with Crippen LogP contribution in [-0.2, 0) is 20.8 Å². The summed E-state index contributed by atoms with van der Waals surface area (Å²) in [5.41, 5.74) is 1.55. The van der Waals surface area contributed by atoms with Gasteiger partial charge in [-0.1, -0.05) is 0 Å². The first-order valence-electron chi connectivity index (χ1n) is 7.98. The van der Waals surface area contributed by atoms with Crippen LogP contribution in [0.5, 0.6) is 0 Å². The number of hydrogen-bond acceptors (Lipinski definition) is 7. The Morgan fingerprint density at radius 2 is 1.83 bits per heavy atom. The first-order valence-corrected chi connectivity index (χ1v) is 7.98. The summed E-state index contributed by atoms with van der Waals surface area (Å²) in [4.78, 5) is 21.1. The third-order valence-corrected chi connectivity index (χ3v) is 4.15. The Bertz CT molecular complexity index is 540. The third-order valence-electron chi connectivity index (χ3n) is 4.15. The van der Waals surface area contributed by atoms with Crippen molar-refractivity contribution in [2.24, 2.45) is 0 Å². The molecule has 2 aliphatic rings. The van der Waals surface area contributed by atoms with Crippen LogP contribution in [0.4, 0.5) is 5.82 Å². The van der Waals surface area contributed by atoms with Crippen LogP contribution in [0.15, 0.2) is 12.3 Å². The van der Waals surface area contributed by atoms with Gasteiger partial charge in [-0.05, 0) is 11.6 Å². The van der Waals surface area contributed by atoms with Gasteiger partial charge < -0.3 is 19.1 Å². The largest absolute Gasteiger partial charge is 0.465 e. The Labute approximate surface area is 136 Å². The van der Waals surface area contributed by atoms with Gasteiger partial charge in [0.05, 0.1) is 33.5 Å². The lowest BCUT2D eigenvalue weighted by Gasteiger charge is -2.30. The van der Waals surface area contributed by atoms with E-state index in [9.17, 15) is 4.79 Å². The zero-order chi connectivity index (χ0) is 16.1. The van der Waals surface area contributed by atoms with E-state index in [-0.39, 0.29) is 5.97 Å². The summed E-state index contributed by atoms with van der Waals surface area (Å²) < 4.78 is 15.7. The maximum Gasteiger partial charge on any atom is 0.341 e. The van der Waals surface area contributed by atoms with Crippen LogP contribution >= 0.6 is 0 Å². The fourth-order valence-corrected chi connectivity index (χ4v) is 2.89. The van der Waals surface area contributed by atoms with Crippen LogP contribution < -0.4 is 4.90 Å². The molecule has 126 valence electrons. The number of methoxy groups -OCH3 is 1. The average Bonchev–Trinajstić information content (AvgIpc) is 2.62. The molecule has 0 aromatic carbocycles. The predicted octanol–water partition coefficient (Wildman–Crippen LogP) is 0.537. The number of carbonyl (C=O) groups excluding carboxylic acids is 1. The average molecular weight is 321 g/mol. The highest BCUT2D eigenvalue weighted by Gasteiger charge is 2.22. The smallest absolute Gasteiger partial charge is 0.341 e. The molecule has 7 nitrogen and oxygen atoms in total. The number of hydrogen-bond donors (Lipinski definition) is 0. The van der Waals surface area contributed by atoms with Crippen molar-refractivity contribution < 1.29 is 19.0 Å². The van der Waals surface area contributed by atoms with Crippen LogP contribution in [0.3, 0.4) is 0 Å². The quantitative estimate of drug-likeness (QED) is 0.750. The molecule has 3 rings (SSSR count). The van der Waals surface area contributed by atoms with Gasteiger partial charge in [-0.2, -0.15) is 0 Å². The zero-order valence-corrected chi connectivity index (χ0v) is 13.5. The Kier molecular flexibility index (Phi) is 5.43. The van der Waals surface area contributed by atoms with Crippen molar-refractivity contribution in [3.63, 3.8) is 0 Å². The van der Waals surface area contributed by atoms with Gasteiger partial charge in [-0.3, -0.25) is 4.90 Å². The second-order valence-electron chi connectivity index (χ2n) is 5.69. The topological polar surface area (TPSA) is 64.1 Å². The van der Waals surface area contributed by atoms with Crippen LogP contribution in [0.2, 0.25) is 0 Å². The molecule has 0 atom stereocenters. The van der Waals surface area contributed by atoms with E-state index in [1.807, 2.05) is 12.3 Å². The number of carbonyl (C=O) groups is 1. The second-order valence-corrected chi connectivity index (χ2v) is 5.69. The molecule has 0 spiro atoms. The number of anilines is 1. The number of nitrogens with zero attached hydrogens (tertiary/aromatic N) is 3. The van der Waals surface area contributed by atoms with Crippen molar-refractivity contribution in [3.8, 4) is 0 Å². The predicted molar refractivity (Wildman–Crippen MR) is 84.7 cm³/mol. The van der Waals surface area contributed by atoms with Gasteiger partial charge in [0, 0.05) is 38.9 Å². The van der Waals surface area contributed by atoms with Crippen molar-refractivity contribution in [2.45, 2.75) is 6.54 Å². The van der Waals surface area contributed by atoms with Crippen LogP contribution in [0.25, 0.3) is 0 Å². The molecule has 3 heterocycles. The van der Waals surface area contributed by atoms with Gasteiger partial charge in [-0.25, -0.2) is 9.78 Å². The SMILES string of the molecule is COC(=O)c1cc(CN2CCOCC2)cnc1N1CCOCC1. The van der Waals surface area contributed by atoms with Crippen molar-refractivity contribution in [1.82, 2.24) is 9.88 Å². The molecule has 23 heavy (non-hydrogen) atoms. The van der Waals surface area contributed by atoms with E-state index in [0.29, 0.717) is 24.6 Å². The molecule has 0 N–H and O–H groups in total. The summed E-state index contributed by atoms with van der Waals surface area (Å²) in [6.45, 7) is 6.85. The van der Waals surface area contributed by atoms with Gasteiger partial charge in [0.2, 0.25) is 0 Å². The van der Waals surface area contributed by atoms with Crippen molar-refractivity contribution in [2.75, 3.05) is 64.6 Å². The molecule has 7 heteroatoms. The lowest BCUT2D eigenvalue weighted by molar-refractivity contribution is 0.0341. The number of aromatic nitrogens is 1. The molecular formula is C16H23N3O4. The molecule has 0 bridgehead atoms. The van der Waals surface area contributed by atoms with Gasteiger partial charge >= 0.3 is 5.97 Å². The molecule has 0 aliphatic carbocycles. The van der Waals surface area contributed by atoms with Crippen LogP contribution in [-0.4, -0.2) is 75.6 Å². The summed E-state index contributed by atoms with van der Waals surface area (Å²) in [6, 6.07) is 1.90. The van der Waals surface area contributed by atoms with E-state index < -0.39 is 0 Å². The molecule has 0 saturated carbocycles. The van der Waals surface area contributed by atoms with Crippen molar-refractivity contribution >= 4 is 11.8 Å². The maximum absolute atomic E-state index is 12.2. The second kappa shape index (κ2) is 7.72. The van der Waals surface area contributed by atoms with E-state index in [1.54, 1.807) is 0 Å². The van der Waals surface area contributed by atoms with E-state index in [0.717, 1.165) is 51.5 Å². The van der Waals surface area contributed by atoms with Crippen molar-refractivity contribution in [1.29, 1.82) is 0 Å². The minimum absolute atomic E-state index is 0.345. The molecule has 1 aromatic heterocycles. The van der Waals surface area contributed by atoms with E-state index >= 15 is 0 Å². The summed E-state index contributed by atoms with van der Waals surface area (Å²) >= 11 is 0. The number of pyridine rings is 1. The zero-order valence-electron chi connectivity index (χ0n) is 13.5. The molecular weight excluding hydrogens is 298 g/mol. The fraction of sp³-hybridized carbons (Fsp3) is 0.625. The summed E-state index contributed by atoms with van der Waals surface area (Å²) in [6.07, 6.45) is 1.85. The first-order chi connectivity index (χ1) is 11.3. The van der Waals surface area contributed by atoms with Crippen molar-refractivity contribution in [3.05, 3.63) is 23.4 Å². The molecule has 0 amide bonds. The standard InChI is InChI=1S/C16H23N3O4/c1-21-16(20)14-10-13(12-18-2-6-22-7-3-18)11-17-15(14)19-4-8-23-9-5-19/h10-11H,2-9,12H2,1H3. The number of esters is 1. The minimum Gasteiger partial charge on any atom is -0.465 e. The number of ether oxygens (including phenoxy) is 3. The minimum atomic E-state index is -0.345. The normalized spacial score (nSPS) is 19.6. The molecule has 2 aliphatic heterocycles. The highest BCUT2D eigenvalue weighted by Crippen LogP contribution is 2.22. The molecule has 0 radical (unpaired) electrons. The van der Waals surface area contributed by atoms with Crippen LogP contribution in [0, 0.1) is 0 Å². The van der Waals surface area contributed by atoms with E-state index in [4.69, 9.17) is 14.2 Å². The van der Waals surface area contributed by atoms with Gasteiger partial charge in [0.1, 0.15) is 11.4 Å². The monoisotopic (exact) mass is 321 g/mol. The molecule has 2 fully saturated rings. The third kappa shape index (κ3) is 3.99. The molecule has 1 aromatic rings. The first kappa shape index (κ1) is 16.2. The van der Waals surface area contributed by atoms with Gasteiger partial charge in [0.25, 0.3) is 0 Å². The van der Waals surface area contributed by atoms with E-state index in [2.05, 4.69) is 14.8 Å². The lowest BCUT2D eigenvalue weighted by atomic mass is 10.1. The van der Waals surface area contributed by atoms with Gasteiger partial charge in [0.15, 0.2) is 0 Å². The highest BCUT2D eigenvalue weighted by atomic mass is 16.5. The number of rotatable bonds is 4. The summed E-state index contributed by atoms with van der Waals surface area (Å²) in [5, 5.41) is 0. The van der Waals surface area contributed by atoms with Crippen LogP contribution in [0.1, 0.15) is 15.9 Å². The Morgan fingerprint density at radius 1 is 1.17 bits per heavy atom. The summed E-state index contributed by atoms with van der Waals surface area (Å²) in [7, 11) is 1.40. The number of morpholine rings is 2. The highest BCUT2D eigenvalue weighted by molar-refractivity contribution is 5.95. The Balaban J connectivity index is 1.80. The fourth-order valence-electron chi connectivity index (χ4n) is 2.89.